The van der Waals surface area contributed by atoms with Crippen LogP contribution in [0.2, 0.25) is 0 Å². The van der Waals surface area contributed by atoms with E-state index >= 15 is 0 Å². The van der Waals surface area contributed by atoms with E-state index in [2.05, 4.69) is 0 Å². The van der Waals surface area contributed by atoms with E-state index in [1.807, 2.05) is 44.2 Å². The number of hydrogen-bond acceptors (Lipinski definition) is 3. The third-order valence-electron chi connectivity index (χ3n) is 3.98. The topological polar surface area (TPSA) is 46.6 Å². The smallest absolute Gasteiger partial charge is 0.266 e. The highest BCUT2D eigenvalue weighted by Crippen LogP contribution is 2.54. The number of amides is 2. The maximum Gasteiger partial charge on any atom is 0.266 e. The van der Waals surface area contributed by atoms with E-state index in [1.54, 1.807) is 6.92 Å². The third-order valence-corrected chi connectivity index (χ3v) is 3.98. The fourth-order valence-corrected chi connectivity index (χ4v) is 3.09. The van der Waals surface area contributed by atoms with Gasteiger partial charge in [0.2, 0.25) is 0 Å². The molecule has 0 aliphatic carbocycles. The number of piperidine rings is 1. The van der Waals surface area contributed by atoms with Crippen molar-refractivity contribution in [1.82, 2.24) is 4.90 Å². The Hall–Kier alpha value is -1.68. The van der Waals surface area contributed by atoms with Crippen LogP contribution in [0.15, 0.2) is 30.3 Å². The van der Waals surface area contributed by atoms with Crippen LogP contribution in [-0.2, 0) is 19.9 Å². The van der Waals surface area contributed by atoms with Crippen molar-refractivity contribution >= 4 is 11.8 Å². The second-order valence-electron chi connectivity index (χ2n) is 5.78. The number of carbonyl (C=O) groups is 2. The molecule has 0 saturated carbocycles. The highest BCUT2D eigenvalue weighted by Gasteiger charge is 2.70. The molecule has 2 amide bonds. The molecule has 1 aromatic carbocycles. The molecule has 0 spiro atoms. The maximum atomic E-state index is 12.7. The molecule has 3 heterocycles. The average Bonchev–Trinajstić information content (AvgIpc) is 2.33. The van der Waals surface area contributed by atoms with Crippen LogP contribution in [0.4, 0.5) is 0 Å². The van der Waals surface area contributed by atoms with Crippen LogP contribution in [0.5, 0.6) is 0 Å². The van der Waals surface area contributed by atoms with E-state index in [-0.39, 0.29) is 17.9 Å². The fourth-order valence-electron chi connectivity index (χ4n) is 3.09. The molecule has 1 aromatic rings. The van der Waals surface area contributed by atoms with Gasteiger partial charge in [0.05, 0.1) is 0 Å². The predicted octanol–water partition coefficient (Wildman–Crippen LogP) is 1.84. The first-order chi connectivity index (χ1) is 8.91. The summed E-state index contributed by atoms with van der Waals surface area (Å²) < 4.78 is 5.80. The summed E-state index contributed by atoms with van der Waals surface area (Å²) in [6, 6.07) is 9.28. The third kappa shape index (κ3) is 1.43. The van der Waals surface area contributed by atoms with Gasteiger partial charge in [-0.2, -0.15) is 0 Å². The van der Waals surface area contributed by atoms with Gasteiger partial charge in [-0.25, -0.2) is 0 Å². The van der Waals surface area contributed by atoms with Gasteiger partial charge >= 0.3 is 0 Å². The molecule has 3 saturated heterocycles. The van der Waals surface area contributed by atoms with Gasteiger partial charge in [-0.1, -0.05) is 30.3 Å². The molecular formula is C15H17NO3. The Bertz CT molecular complexity index is 544. The zero-order valence-corrected chi connectivity index (χ0v) is 11.3. The maximum absolute atomic E-state index is 12.7. The molecule has 2 unspecified atom stereocenters. The lowest BCUT2D eigenvalue weighted by atomic mass is 9.70. The highest BCUT2D eigenvalue weighted by molar-refractivity contribution is 6.09. The van der Waals surface area contributed by atoms with E-state index in [4.69, 9.17) is 4.74 Å². The second kappa shape index (κ2) is 3.67. The molecule has 3 fully saturated rings. The molecule has 100 valence electrons. The Labute approximate surface area is 112 Å². The number of carbonyl (C=O) groups excluding carboxylic acids is 2. The highest BCUT2D eigenvalue weighted by atomic mass is 16.6. The Kier molecular flexibility index (Phi) is 2.39. The Morgan fingerprint density at radius 2 is 1.74 bits per heavy atom. The van der Waals surface area contributed by atoms with Gasteiger partial charge in [0, 0.05) is 12.5 Å². The first kappa shape index (κ1) is 12.4. The van der Waals surface area contributed by atoms with Gasteiger partial charge in [-0.15, -0.1) is 0 Å². The molecule has 2 atom stereocenters. The Morgan fingerprint density at radius 3 is 2.26 bits per heavy atom. The summed E-state index contributed by atoms with van der Waals surface area (Å²) in [5, 5.41) is 0. The summed E-state index contributed by atoms with van der Waals surface area (Å²) in [6.45, 7) is 5.46. The van der Waals surface area contributed by atoms with Gasteiger partial charge in [0.15, 0.2) is 5.60 Å². The van der Waals surface area contributed by atoms with Crippen molar-refractivity contribution in [3.05, 3.63) is 35.9 Å². The first-order valence-electron chi connectivity index (χ1n) is 6.54. The number of rotatable bonds is 2. The van der Waals surface area contributed by atoms with Crippen molar-refractivity contribution in [1.29, 1.82) is 0 Å². The van der Waals surface area contributed by atoms with Gasteiger partial charge in [0.25, 0.3) is 11.8 Å². The molecular weight excluding hydrogens is 242 g/mol. The summed E-state index contributed by atoms with van der Waals surface area (Å²) in [6.07, 6.45) is 0.435. The number of fused-ring (bicyclic) bond motifs is 2. The van der Waals surface area contributed by atoms with Gasteiger partial charge in [-0.05, 0) is 26.3 Å². The number of ether oxygens (including phenoxy) is 1. The SMILES string of the molecule is CC(C)N1C(=O)C2(C)CC(c3ccccc3)(O2)C1=O. The van der Waals surface area contributed by atoms with E-state index in [0.717, 1.165) is 5.56 Å². The lowest BCUT2D eigenvalue weighted by molar-refractivity contribution is -0.282. The minimum atomic E-state index is -0.964. The predicted molar refractivity (Wildman–Crippen MR) is 69.2 cm³/mol. The number of nitrogens with zero attached hydrogens (tertiary/aromatic N) is 1. The summed E-state index contributed by atoms with van der Waals surface area (Å²) in [5.41, 5.74) is -0.988. The molecule has 4 rings (SSSR count). The molecule has 4 heteroatoms. The zero-order chi connectivity index (χ0) is 13.8. The largest absolute Gasteiger partial charge is 0.344 e. The zero-order valence-electron chi connectivity index (χ0n) is 11.3. The van der Waals surface area contributed by atoms with Crippen LogP contribution in [-0.4, -0.2) is 28.4 Å². The van der Waals surface area contributed by atoms with Crippen LogP contribution in [0.25, 0.3) is 0 Å². The number of imide groups is 1. The molecule has 0 N–H and O–H groups in total. The average molecular weight is 259 g/mol. The van der Waals surface area contributed by atoms with Crippen LogP contribution in [0, 0.1) is 0 Å². The van der Waals surface area contributed by atoms with Crippen molar-refractivity contribution in [2.24, 2.45) is 0 Å². The van der Waals surface area contributed by atoms with Crippen LogP contribution < -0.4 is 0 Å². The number of hydrogen-bond donors (Lipinski definition) is 0. The summed E-state index contributed by atoms with van der Waals surface area (Å²) in [5.74, 6) is -0.451. The minimum absolute atomic E-state index is 0.147. The molecule has 0 aromatic heterocycles. The molecule has 3 aliphatic heterocycles. The minimum Gasteiger partial charge on any atom is -0.344 e. The van der Waals surface area contributed by atoms with Crippen molar-refractivity contribution in [3.63, 3.8) is 0 Å². The van der Waals surface area contributed by atoms with Gasteiger partial charge in [-0.3, -0.25) is 14.5 Å². The molecule has 3 aliphatic rings. The summed E-state index contributed by atoms with van der Waals surface area (Å²) >= 11 is 0. The standard InChI is InChI=1S/C15H17NO3/c1-10(2)16-12(17)14(3)9-15(19-14,13(16)18)11-7-5-4-6-8-11/h4-8,10H,9H2,1-3H3. The van der Waals surface area contributed by atoms with E-state index in [9.17, 15) is 9.59 Å². The van der Waals surface area contributed by atoms with Crippen molar-refractivity contribution < 1.29 is 14.3 Å². The van der Waals surface area contributed by atoms with Crippen molar-refractivity contribution in [2.75, 3.05) is 0 Å². The Morgan fingerprint density at radius 1 is 1.16 bits per heavy atom. The Balaban J connectivity index is 2.07. The number of morpholine rings is 1. The van der Waals surface area contributed by atoms with E-state index < -0.39 is 11.2 Å². The molecule has 19 heavy (non-hydrogen) atoms. The normalized spacial score (nSPS) is 33.6. The molecule has 2 bridgehead atoms. The summed E-state index contributed by atoms with van der Waals surface area (Å²) in [4.78, 5) is 26.3. The fraction of sp³-hybridized carbons (Fsp3) is 0.467. The second-order valence-corrected chi connectivity index (χ2v) is 5.78. The molecule has 0 radical (unpaired) electrons. The molecule has 4 nitrogen and oxygen atoms in total. The summed E-state index contributed by atoms with van der Waals surface area (Å²) in [7, 11) is 0. The van der Waals surface area contributed by atoms with Crippen molar-refractivity contribution in [2.45, 2.75) is 44.4 Å². The lowest BCUT2D eigenvalue weighted by Crippen LogP contribution is -2.76. The lowest BCUT2D eigenvalue weighted by Gasteiger charge is -2.59. The first-order valence-corrected chi connectivity index (χ1v) is 6.54. The van der Waals surface area contributed by atoms with Gasteiger partial charge < -0.3 is 4.74 Å². The number of benzene rings is 1. The van der Waals surface area contributed by atoms with Crippen LogP contribution in [0.1, 0.15) is 32.8 Å². The van der Waals surface area contributed by atoms with Crippen LogP contribution >= 0.6 is 0 Å². The van der Waals surface area contributed by atoms with E-state index in [0.29, 0.717) is 6.42 Å². The van der Waals surface area contributed by atoms with Gasteiger partial charge in [0.1, 0.15) is 5.60 Å². The van der Waals surface area contributed by atoms with Crippen molar-refractivity contribution in [3.8, 4) is 0 Å². The quantitative estimate of drug-likeness (QED) is 0.761. The van der Waals surface area contributed by atoms with E-state index in [1.165, 1.54) is 4.90 Å². The monoisotopic (exact) mass is 259 g/mol. The van der Waals surface area contributed by atoms with Crippen LogP contribution in [0.3, 0.4) is 0 Å².